The summed E-state index contributed by atoms with van der Waals surface area (Å²) in [6.45, 7) is 2.23. The fraction of sp³-hybridized carbons (Fsp3) is 0.182. The van der Waals surface area contributed by atoms with Gasteiger partial charge in [0.05, 0.1) is 11.6 Å². The highest BCUT2D eigenvalue weighted by molar-refractivity contribution is 5.89. The highest BCUT2D eigenvalue weighted by Crippen LogP contribution is 2.30. The number of carbonyl (C=O) groups is 1. The molecule has 1 N–H and O–H groups in total. The molecule has 0 spiro atoms. The molecule has 1 heterocycles. The molecule has 1 atom stereocenters. The Bertz CT molecular complexity index is 929. The minimum atomic E-state index is -4.42. The van der Waals surface area contributed by atoms with Crippen molar-refractivity contribution in [3.05, 3.63) is 95.8 Å². The number of carbonyl (C=O) groups excluding carboxylic acids is 1. The van der Waals surface area contributed by atoms with Gasteiger partial charge in [-0.05, 0) is 54.4 Å². The lowest BCUT2D eigenvalue weighted by molar-refractivity contribution is -0.137. The molecule has 0 saturated heterocycles. The third-order valence-corrected chi connectivity index (χ3v) is 4.58. The van der Waals surface area contributed by atoms with Crippen LogP contribution in [-0.2, 0) is 12.7 Å². The molecule has 0 bridgehead atoms. The summed E-state index contributed by atoms with van der Waals surface area (Å²) in [7, 11) is 0. The Morgan fingerprint density at radius 3 is 2.21 bits per heavy atom. The Balaban J connectivity index is 1.82. The summed E-state index contributed by atoms with van der Waals surface area (Å²) in [5.41, 5.74) is 1.37. The number of hydrogen-bond donors (Lipinski definition) is 1. The number of alkyl halides is 3. The largest absolute Gasteiger partial charge is 0.416 e. The molecule has 0 aliphatic carbocycles. The fourth-order valence-corrected chi connectivity index (χ4v) is 2.92. The SMILES string of the molecule is CC(c1ccccc1)N(Cc1ccncc1)C(=O)Nc1ccc(C(F)(F)F)cc1. The summed E-state index contributed by atoms with van der Waals surface area (Å²) < 4.78 is 38.2. The van der Waals surface area contributed by atoms with E-state index in [1.165, 1.54) is 12.1 Å². The van der Waals surface area contributed by atoms with E-state index in [-0.39, 0.29) is 6.04 Å². The molecule has 3 rings (SSSR count). The van der Waals surface area contributed by atoms with Gasteiger partial charge in [0.15, 0.2) is 0 Å². The summed E-state index contributed by atoms with van der Waals surface area (Å²) in [5, 5.41) is 2.70. The van der Waals surface area contributed by atoms with E-state index in [0.717, 1.165) is 23.3 Å². The molecule has 0 saturated carbocycles. The van der Waals surface area contributed by atoms with Crippen molar-refractivity contribution in [2.75, 3.05) is 5.32 Å². The van der Waals surface area contributed by atoms with Gasteiger partial charge in [-0.3, -0.25) is 4.98 Å². The first kappa shape index (κ1) is 20.4. The minimum absolute atomic E-state index is 0.251. The molecule has 0 radical (unpaired) electrons. The van der Waals surface area contributed by atoms with Crippen LogP contribution < -0.4 is 5.32 Å². The molecule has 1 unspecified atom stereocenters. The van der Waals surface area contributed by atoms with Gasteiger partial charge in [-0.25, -0.2) is 4.79 Å². The number of anilines is 1. The van der Waals surface area contributed by atoms with E-state index in [1.807, 2.05) is 49.4 Å². The number of nitrogens with zero attached hydrogens (tertiary/aromatic N) is 2. The molecular weight excluding hydrogens is 379 g/mol. The number of pyridine rings is 1. The quantitative estimate of drug-likeness (QED) is 0.581. The van der Waals surface area contributed by atoms with Gasteiger partial charge in [0.1, 0.15) is 0 Å². The molecular formula is C22H20F3N3O. The number of rotatable bonds is 5. The lowest BCUT2D eigenvalue weighted by Gasteiger charge is -2.30. The van der Waals surface area contributed by atoms with Crippen molar-refractivity contribution in [1.82, 2.24) is 9.88 Å². The number of halogens is 3. The molecule has 3 aromatic rings. The zero-order valence-corrected chi connectivity index (χ0v) is 15.7. The van der Waals surface area contributed by atoms with Crippen molar-refractivity contribution in [3.63, 3.8) is 0 Å². The van der Waals surface area contributed by atoms with Gasteiger partial charge in [-0.15, -0.1) is 0 Å². The van der Waals surface area contributed by atoms with Gasteiger partial charge < -0.3 is 10.2 Å². The van der Waals surface area contributed by atoms with Crippen LogP contribution in [0.2, 0.25) is 0 Å². The third-order valence-electron chi connectivity index (χ3n) is 4.58. The van der Waals surface area contributed by atoms with Crippen molar-refractivity contribution in [3.8, 4) is 0 Å². The van der Waals surface area contributed by atoms with Crippen LogP contribution >= 0.6 is 0 Å². The summed E-state index contributed by atoms with van der Waals surface area (Å²) in [6.07, 6.45) is -1.12. The minimum Gasteiger partial charge on any atom is -0.313 e. The normalized spacial score (nSPS) is 12.3. The molecule has 2 aromatic carbocycles. The first-order valence-corrected chi connectivity index (χ1v) is 9.03. The monoisotopic (exact) mass is 399 g/mol. The first-order chi connectivity index (χ1) is 13.8. The van der Waals surface area contributed by atoms with E-state index in [4.69, 9.17) is 0 Å². The standard InChI is InChI=1S/C22H20F3N3O/c1-16(18-5-3-2-4-6-18)28(15-17-11-13-26-14-12-17)21(29)27-20-9-7-19(8-10-20)22(23,24)25/h2-14,16H,15H2,1H3,(H,27,29). The summed E-state index contributed by atoms with van der Waals surface area (Å²) in [5.74, 6) is 0. The Labute approximate surface area is 167 Å². The van der Waals surface area contributed by atoms with Gasteiger partial charge in [0.25, 0.3) is 0 Å². The van der Waals surface area contributed by atoms with E-state index in [0.29, 0.717) is 12.2 Å². The number of nitrogens with one attached hydrogen (secondary N) is 1. The lowest BCUT2D eigenvalue weighted by Crippen LogP contribution is -2.36. The van der Waals surface area contributed by atoms with Crippen LogP contribution in [0.4, 0.5) is 23.7 Å². The molecule has 150 valence electrons. The number of urea groups is 1. The van der Waals surface area contributed by atoms with Crippen LogP contribution in [-0.4, -0.2) is 15.9 Å². The maximum Gasteiger partial charge on any atom is 0.416 e. The second-order valence-corrected chi connectivity index (χ2v) is 6.58. The van der Waals surface area contributed by atoms with Gasteiger partial charge >= 0.3 is 12.2 Å². The smallest absolute Gasteiger partial charge is 0.313 e. The van der Waals surface area contributed by atoms with Crippen molar-refractivity contribution in [1.29, 1.82) is 0 Å². The predicted molar refractivity (Wildman–Crippen MR) is 105 cm³/mol. The number of benzene rings is 2. The van der Waals surface area contributed by atoms with Crippen LogP contribution in [0.5, 0.6) is 0 Å². The second kappa shape index (κ2) is 8.77. The maximum atomic E-state index is 13.0. The topological polar surface area (TPSA) is 45.2 Å². The van der Waals surface area contributed by atoms with Crippen LogP contribution in [0.25, 0.3) is 0 Å². The zero-order valence-electron chi connectivity index (χ0n) is 15.7. The van der Waals surface area contributed by atoms with E-state index in [9.17, 15) is 18.0 Å². The molecule has 7 heteroatoms. The molecule has 1 aromatic heterocycles. The van der Waals surface area contributed by atoms with Crippen LogP contribution in [0.3, 0.4) is 0 Å². The van der Waals surface area contributed by atoms with Gasteiger partial charge in [0, 0.05) is 24.6 Å². The lowest BCUT2D eigenvalue weighted by atomic mass is 10.1. The molecule has 2 amide bonds. The van der Waals surface area contributed by atoms with E-state index in [2.05, 4.69) is 10.3 Å². The number of amides is 2. The Morgan fingerprint density at radius 1 is 1.00 bits per heavy atom. The summed E-state index contributed by atoms with van der Waals surface area (Å²) in [6, 6.07) is 16.9. The van der Waals surface area contributed by atoms with Crippen molar-refractivity contribution in [2.24, 2.45) is 0 Å². The van der Waals surface area contributed by atoms with Crippen molar-refractivity contribution < 1.29 is 18.0 Å². The summed E-state index contributed by atoms with van der Waals surface area (Å²) >= 11 is 0. The Kier molecular flexibility index (Phi) is 6.16. The first-order valence-electron chi connectivity index (χ1n) is 9.03. The van der Waals surface area contributed by atoms with Gasteiger partial charge in [0.2, 0.25) is 0 Å². The Morgan fingerprint density at radius 2 is 1.62 bits per heavy atom. The van der Waals surface area contributed by atoms with Crippen LogP contribution in [0.15, 0.2) is 79.1 Å². The van der Waals surface area contributed by atoms with Crippen LogP contribution in [0, 0.1) is 0 Å². The fourth-order valence-electron chi connectivity index (χ4n) is 2.92. The average molecular weight is 399 g/mol. The highest BCUT2D eigenvalue weighted by atomic mass is 19.4. The van der Waals surface area contributed by atoms with Gasteiger partial charge in [-0.1, -0.05) is 30.3 Å². The Hall–Kier alpha value is -3.35. The van der Waals surface area contributed by atoms with Gasteiger partial charge in [-0.2, -0.15) is 13.2 Å². The predicted octanol–water partition coefficient (Wildman–Crippen LogP) is 5.90. The molecule has 29 heavy (non-hydrogen) atoms. The highest BCUT2D eigenvalue weighted by Gasteiger charge is 2.30. The summed E-state index contributed by atoms with van der Waals surface area (Å²) in [4.78, 5) is 18.6. The molecule has 0 fully saturated rings. The van der Waals surface area contributed by atoms with Crippen molar-refractivity contribution >= 4 is 11.7 Å². The molecule has 0 aliphatic rings. The molecule has 0 aliphatic heterocycles. The van der Waals surface area contributed by atoms with E-state index < -0.39 is 17.8 Å². The number of hydrogen-bond acceptors (Lipinski definition) is 2. The van der Waals surface area contributed by atoms with E-state index in [1.54, 1.807) is 17.3 Å². The third kappa shape index (κ3) is 5.34. The maximum absolute atomic E-state index is 13.0. The second-order valence-electron chi connectivity index (χ2n) is 6.58. The molecule has 4 nitrogen and oxygen atoms in total. The van der Waals surface area contributed by atoms with Crippen LogP contribution in [0.1, 0.15) is 29.7 Å². The average Bonchev–Trinajstić information content (AvgIpc) is 2.72. The zero-order chi connectivity index (χ0) is 20.9. The van der Waals surface area contributed by atoms with E-state index >= 15 is 0 Å². The number of aromatic nitrogens is 1. The van der Waals surface area contributed by atoms with Crippen molar-refractivity contribution in [2.45, 2.75) is 25.7 Å².